The van der Waals surface area contributed by atoms with Crippen molar-refractivity contribution in [2.24, 2.45) is 0 Å². The molecular weight excluding hydrogens is 408 g/mol. The number of ether oxygens (including phenoxy) is 2. The van der Waals surface area contributed by atoms with Crippen LogP contribution in [0.15, 0.2) is 0 Å². The SMILES string of the molecule is CCCCCCCCCCCCCCCCCCCC(=O)OC[C@H]1OCC(=O)[C@@H](O)[C@@H]1O. The predicted octanol–water partition coefficient (Wildman–Crippen LogP) is 5.26. The van der Waals surface area contributed by atoms with Crippen molar-refractivity contribution in [2.75, 3.05) is 13.2 Å². The maximum absolute atomic E-state index is 11.8. The fourth-order valence-corrected chi connectivity index (χ4v) is 4.16. The van der Waals surface area contributed by atoms with Crippen LogP contribution in [0.3, 0.4) is 0 Å². The molecule has 2 N–H and O–H groups in total. The van der Waals surface area contributed by atoms with E-state index in [-0.39, 0.29) is 19.2 Å². The van der Waals surface area contributed by atoms with Crippen LogP contribution in [-0.4, -0.2) is 53.5 Å². The largest absolute Gasteiger partial charge is 0.463 e. The Kier molecular flexibility index (Phi) is 17.7. The van der Waals surface area contributed by atoms with E-state index >= 15 is 0 Å². The van der Waals surface area contributed by atoms with Crippen molar-refractivity contribution in [3.63, 3.8) is 0 Å². The maximum Gasteiger partial charge on any atom is 0.305 e. The number of esters is 1. The summed E-state index contributed by atoms with van der Waals surface area (Å²) < 4.78 is 10.2. The second kappa shape index (κ2) is 19.5. The molecule has 6 heteroatoms. The van der Waals surface area contributed by atoms with Gasteiger partial charge in [0.25, 0.3) is 0 Å². The molecular formula is C26H48O6. The number of ketones is 1. The van der Waals surface area contributed by atoms with Crippen molar-refractivity contribution < 1.29 is 29.3 Å². The summed E-state index contributed by atoms with van der Waals surface area (Å²) in [5.74, 6) is -0.878. The highest BCUT2D eigenvalue weighted by molar-refractivity contribution is 5.85. The van der Waals surface area contributed by atoms with E-state index in [9.17, 15) is 19.8 Å². The lowest BCUT2D eigenvalue weighted by Crippen LogP contribution is -2.52. The molecule has 0 aromatic carbocycles. The maximum atomic E-state index is 11.8. The molecule has 1 fully saturated rings. The molecule has 188 valence electrons. The Labute approximate surface area is 195 Å². The number of carbonyl (C=O) groups is 2. The minimum Gasteiger partial charge on any atom is -0.463 e. The van der Waals surface area contributed by atoms with Crippen LogP contribution < -0.4 is 0 Å². The molecule has 0 aromatic rings. The van der Waals surface area contributed by atoms with E-state index in [0.29, 0.717) is 6.42 Å². The van der Waals surface area contributed by atoms with Crippen molar-refractivity contribution in [2.45, 2.75) is 141 Å². The summed E-state index contributed by atoms with van der Waals surface area (Å²) in [6.07, 6.45) is 18.8. The van der Waals surface area contributed by atoms with Crippen LogP contribution >= 0.6 is 0 Å². The lowest BCUT2D eigenvalue weighted by molar-refractivity contribution is -0.177. The van der Waals surface area contributed by atoms with Crippen molar-refractivity contribution >= 4 is 11.8 Å². The lowest BCUT2D eigenvalue weighted by Gasteiger charge is -2.30. The molecule has 32 heavy (non-hydrogen) atoms. The van der Waals surface area contributed by atoms with Gasteiger partial charge in [-0.2, -0.15) is 0 Å². The van der Waals surface area contributed by atoms with E-state index in [0.717, 1.165) is 19.3 Å². The molecule has 1 aliphatic rings. The first kappa shape index (κ1) is 29.1. The number of aliphatic hydroxyl groups is 2. The van der Waals surface area contributed by atoms with E-state index in [2.05, 4.69) is 6.92 Å². The zero-order valence-corrected chi connectivity index (χ0v) is 20.4. The second-order valence-corrected chi connectivity index (χ2v) is 9.34. The monoisotopic (exact) mass is 456 g/mol. The first-order chi connectivity index (χ1) is 15.6. The van der Waals surface area contributed by atoms with Crippen LogP contribution in [0.5, 0.6) is 0 Å². The van der Waals surface area contributed by atoms with Crippen molar-refractivity contribution in [3.8, 4) is 0 Å². The summed E-state index contributed by atoms with van der Waals surface area (Å²) in [6, 6.07) is 0. The van der Waals surface area contributed by atoms with Crippen LogP contribution in [0, 0.1) is 0 Å². The molecule has 1 saturated heterocycles. The quantitative estimate of drug-likeness (QED) is 0.192. The standard InChI is InChI=1S/C26H48O6/c1-2-3-4-5-6-7-8-9-10-11-12-13-14-15-16-17-18-19-24(28)32-21-23-26(30)25(29)22(27)20-31-23/h23,25-26,29-30H,2-21H2,1H3/t23-,25-,26-/m1/s1. The summed E-state index contributed by atoms with van der Waals surface area (Å²) in [6.45, 7) is 1.87. The normalized spacial score (nSPS) is 21.1. The fraction of sp³-hybridized carbons (Fsp3) is 0.923. The van der Waals surface area contributed by atoms with E-state index in [1.807, 2.05) is 0 Å². The van der Waals surface area contributed by atoms with Gasteiger partial charge in [-0.1, -0.05) is 110 Å². The number of rotatable bonds is 20. The van der Waals surface area contributed by atoms with E-state index < -0.39 is 24.1 Å². The zero-order chi connectivity index (χ0) is 23.4. The summed E-state index contributed by atoms with van der Waals surface area (Å²) >= 11 is 0. The third-order valence-electron chi connectivity index (χ3n) is 6.37. The Hall–Kier alpha value is -0.980. The number of hydrogen-bond donors (Lipinski definition) is 2. The highest BCUT2D eigenvalue weighted by atomic mass is 16.6. The molecule has 0 aromatic heterocycles. The van der Waals surface area contributed by atoms with Gasteiger partial charge in [-0.3, -0.25) is 9.59 Å². The Balaban J connectivity index is 1.81. The first-order valence-electron chi connectivity index (χ1n) is 13.2. The van der Waals surface area contributed by atoms with Gasteiger partial charge in [0.2, 0.25) is 0 Å². The van der Waals surface area contributed by atoms with Gasteiger partial charge in [-0.15, -0.1) is 0 Å². The van der Waals surface area contributed by atoms with E-state index in [4.69, 9.17) is 9.47 Å². The van der Waals surface area contributed by atoms with Gasteiger partial charge in [-0.05, 0) is 6.42 Å². The summed E-state index contributed by atoms with van der Waals surface area (Å²) in [5.41, 5.74) is 0. The van der Waals surface area contributed by atoms with Crippen molar-refractivity contribution in [1.29, 1.82) is 0 Å². The van der Waals surface area contributed by atoms with Gasteiger partial charge in [0.15, 0.2) is 5.78 Å². The van der Waals surface area contributed by atoms with Gasteiger partial charge < -0.3 is 19.7 Å². The van der Waals surface area contributed by atoms with Crippen molar-refractivity contribution in [3.05, 3.63) is 0 Å². The summed E-state index contributed by atoms with van der Waals surface area (Å²) in [5, 5.41) is 19.3. The molecule has 0 radical (unpaired) electrons. The Morgan fingerprint density at radius 3 is 1.72 bits per heavy atom. The topological polar surface area (TPSA) is 93.1 Å². The molecule has 1 heterocycles. The number of aliphatic hydroxyl groups excluding tert-OH is 2. The molecule has 0 bridgehead atoms. The second-order valence-electron chi connectivity index (χ2n) is 9.34. The number of hydrogen-bond acceptors (Lipinski definition) is 6. The Morgan fingerprint density at radius 2 is 1.25 bits per heavy atom. The molecule has 0 aliphatic carbocycles. The minimum atomic E-state index is -1.46. The van der Waals surface area contributed by atoms with Crippen LogP contribution in [0.2, 0.25) is 0 Å². The molecule has 6 nitrogen and oxygen atoms in total. The van der Waals surface area contributed by atoms with E-state index in [1.54, 1.807) is 0 Å². The average Bonchev–Trinajstić information content (AvgIpc) is 2.79. The smallest absolute Gasteiger partial charge is 0.305 e. The summed E-state index contributed by atoms with van der Waals surface area (Å²) in [4.78, 5) is 23.0. The van der Waals surface area contributed by atoms with Crippen LogP contribution in [0.1, 0.15) is 122 Å². The molecule has 0 amide bonds. The third-order valence-corrected chi connectivity index (χ3v) is 6.37. The Morgan fingerprint density at radius 1 is 0.812 bits per heavy atom. The van der Waals surface area contributed by atoms with Gasteiger partial charge in [0.05, 0.1) is 0 Å². The Bertz CT molecular complexity index is 481. The van der Waals surface area contributed by atoms with Gasteiger partial charge in [-0.25, -0.2) is 0 Å². The fourth-order valence-electron chi connectivity index (χ4n) is 4.16. The number of carbonyl (C=O) groups excluding carboxylic acids is 2. The lowest BCUT2D eigenvalue weighted by atomic mass is 10.0. The van der Waals surface area contributed by atoms with Crippen molar-refractivity contribution in [1.82, 2.24) is 0 Å². The van der Waals surface area contributed by atoms with Crippen LogP contribution in [0.4, 0.5) is 0 Å². The number of Topliss-reactive ketones (excluding diaryl/α,β-unsaturated/α-hetero) is 1. The molecule has 0 unspecified atom stereocenters. The highest BCUT2D eigenvalue weighted by Crippen LogP contribution is 2.15. The van der Waals surface area contributed by atoms with Gasteiger partial charge in [0, 0.05) is 6.42 Å². The average molecular weight is 457 g/mol. The first-order valence-corrected chi connectivity index (χ1v) is 13.2. The minimum absolute atomic E-state index is 0.136. The molecule has 3 atom stereocenters. The highest BCUT2D eigenvalue weighted by Gasteiger charge is 2.37. The number of unbranched alkanes of at least 4 members (excludes halogenated alkanes) is 16. The molecule has 0 spiro atoms. The van der Waals surface area contributed by atoms with Crippen LogP contribution in [0.25, 0.3) is 0 Å². The molecule has 1 rings (SSSR count). The predicted molar refractivity (Wildman–Crippen MR) is 126 cm³/mol. The summed E-state index contributed by atoms with van der Waals surface area (Å²) in [7, 11) is 0. The molecule has 1 aliphatic heterocycles. The third kappa shape index (κ3) is 14.2. The van der Waals surface area contributed by atoms with Gasteiger partial charge >= 0.3 is 5.97 Å². The zero-order valence-electron chi connectivity index (χ0n) is 20.4. The van der Waals surface area contributed by atoms with Crippen LogP contribution in [-0.2, 0) is 19.1 Å². The van der Waals surface area contributed by atoms with Gasteiger partial charge in [0.1, 0.15) is 31.5 Å². The van der Waals surface area contributed by atoms with E-state index in [1.165, 1.54) is 89.9 Å². The molecule has 0 saturated carbocycles.